The van der Waals surface area contributed by atoms with Crippen molar-refractivity contribution in [3.05, 3.63) is 23.9 Å². The van der Waals surface area contributed by atoms with Gasteiger partial charge in [0.2, 0.25) is 5.91 Å². The molecule has 1 heterocycles. The first-order chi connectivity index (χ1) is 7.16. The number of carbonyl (C=O) groups excluding carboxylic acids is 1. The molecule has 4 heteroatoms. The third kappa shape index (κ3) is 2.53. The van der Waals surface area contributed by atoms with E-state index in [9.17, 15) is 4.79 Å². The number of amides is 1. The third-order valence-corrected chi connectivity index (χ3v) is 2.51. The molecule has 4 nitrogen and oxygen atoms in total. The van der Waals surface area contributed by atoms with E-state index in [2.05, 4.69) is 10.3 Å². The molecule has 1 amide bonds. The molecule has 1 aliphatic rings. The first kappa shape index (κ1) is 10.1. The van der Waals surface area contributed by atoms with Crippen molar-refractivity contribution >= 4 is 11.7 Å². The molecule has 1 saturated carbocycles. The lowest BCUT2D eigenvalue weighted by molar-refractivity contribution is -0.117. The first-order valence-corrected chi connectivity index (χ1v) is 5.19. The van der Waals surface area contributed by atoms with Crippen LogP contribution in [-0.4, -0.2) is 10.9 Å². The van der Waals surface area contributed by atoms with Crippen molar-refractivity contribution in [1.29, 1.82) is 0 Å². The number of carbonyl (C=O) groups is 1. The second-order valence-electron chi connectivity index (χ2n) is 4.03. The van der Waals surface area contributed by atoms with Gasteiger partial charge in [0.1, 0.15) is 5.82 Å². The van der Waals surface area contributed by atoms with E-state index >= 15 is 0 Å². The molecule has 0 spiro atoms. The summed E-state index contributed by atoms with van der Waals surface area (Å²) in [5.41, 5.74) is 6.73. The summed E-state index contributed by atoms with van der Waals surface area (Å²) < 4.78 is 0. The number of nitrogens with two attached hydrogens (primary N) is 1. The number of nitrogens with zero attached hydrogens (tertiary/aromatic N) is 1. The lowest BCUT2D eigenvalue weighted by atomic mass is 10.1. The molecule has 1 fully saturated rings. The lowest BCUT2D eigenvalue weighted by Gasteiger charge is -2.08. The molecule has 15 heavy (non-hydrogen) atoms. The zero-order valence-corrected chi connectivity index (χ0v) is 8.73. The lowest BCUT2D eigenvalue weighted by Crippen LogP contribution is -2.15. The zero-order valence-electron chi connectivity index (χ0n) is 8.73. The van der Waals surface area contributed by atoms with Crippen LogP contribution in [0.3, 0.4) is 0 Å². The Morgan fingerprint density at radius 1 is 1.67 bits per heavy atom. The SMILES string of the molecule is CC(N)c1ccnc(NC(=O)C2CC2)c1. The van der Waals surface area contributed by atoms with Crippen LogP contribution in [0.15, 0.2) is 18.3 Å². The monoisotopic (exact) mass is 205 g/mol. The van der Waals surface area contributed by atoms with Crippen LogP contribution in [0.2, 0.25) is 0 Å². The molecule has 0 bridgehead atoms. The minimum Gasteiger partial charge on any atom is -0.324 e. The third-order valence-electron chi connectivity index (χ3n) is 2.51. The number of anilines is 1. The molecule has 1 aromatic heterocycles. The highest BCUT2D eigenvalue weighted by Gasteiger charge is 2.29. The van der Waals surface area contributed by atoms with Gasteiger partial charge < -0.3 is 11.1 Å². The smallest absolute Gasteiger partial charge is 0.228 e. The van der Waals surface area contributed by atoms with Crippen LogP contribution >= 0.6 is 0 Å². The zero-order chi connectivity index (χ0) is 10.8. The second-order valence-corrected chi connectivity index (χ2v) is 4.03. The molecule has 2 rings (SSSR count). The Labute approximate surface area is 88.9 Å². The molecular formula is C11H15N3O. The van der Waals surface area contributed by atoms with Crippen LogP contribution < -0.4 is 11.1 Å². The Morgan fingerprint density at radius 2 is 2.40 bits per heavy atom. The quantitative estimate of drug-likeness (QED) is 0.784. The molecule has 1 aromatic rings. The van der Waals surface area contributed by atoms with Gasteiger partial charge in [0.25, 0.3) is 0 Å². The molecule has 0 radical (unpaired) electrons. The maximum atomic E-state index is 11.5. The summed E-state index contributed by atoms with van der Waals surface area (Å²) in [5.74, 6) is 0.872. The summed E-state index contributed by atoms with van der Waals surface area (Å²) in [5, 5.41) is 2.79. The van der Waals surface area contributed by atoms with Gasteiger partial charge in [0, 0.05) is 18.2 Å². The number of hydrogen-bond acceptors (Lipinski definition) is 3. The summed E-state index contributed by atoms with van der Waals surface area (Å²) in [6, 6.07) is 3.65. The summed E-state index contributed by atoms with van der Waals surface area (Å²) in [4.78, 5) is 15.6. The van der Waals surface area contributed by atoms with Gasteiger partial charge in [-0.05, 0) is 37.5 Å². The molecular weight excluding hydrogens is 190 g/mol. The molecule has 80 valence electrons. The molecule has 0 saturated heterocycles. The van der Waals surface area contributed by atoms with E-state index in [0.717, 1.165) is 18.4 Å². The maximum Gasteiger partial charge on any atom is 0.228 e. The standard InChI is InChI=1S/C11H15N3O/c1-7(12)9-4-5-13-10(6-9)14-11(15)8-2-3-8/h4-8H,2-3,12H2,1H3,(H,13,14,15). The van der Waals surface area contributed by atoms with E-state index < -0.39 is 0 Å². The van der Waals surface area contributed by atoms with E-state index in [-0.39, 0.29) is 17.9 Å². The topological polar surface area (TPSA) is 68.0 Å². The fourth-order valence-corrected chi connectivity index (χ4v) is 1.37. The predicted octanol–water partition coefficient (Wildman–Crippen LogP) is 1.45. The average Bonchev–Trinajstić information content (AvgIpc) is 3.01. The van der Waals surface area contributed by atoms with Gasteiger partial charge in [0.15, 0.2) is 0 Å². The molecule has 0 aromatic carbocycles. The van der Waals surface area contributed by atoms with Gasteiger partial charge in [-0.1, -0.05) is 0 Å². The highest BCUT2D eigenvalue weighted by Crippen LogP contribution is 2.30. The number of nitrogens with one attached hydrogen (secondary N) is 1. The Bertz CT molecular complexity index is 372. The fourth-order valence-electron chi connectivity index (χ4n) is 1.37. The van der Waals surface area contributed by atoms with Gasteiger partial charge >= 0.3 is 0 Å². The van der Waals surface area contributed by atoms with Crippen molar-refractivity contribution < 1.29 is 4.79 Å². The first-order valence-electron chi connectivity index (χ1n) is 5.19. The Morgan fingerprint density at radius 3 is 3.00 bits per heavy atom. The van der Waals surface area contributed by atoms with Crippen LogP contribution in [0.1, 0.15) is 31.4 Å². The Kier molecular flexibility index (Phi) is 2.68. The van der Waals surface area contributed by atoms with E-state index in [1.165, 1.54) is 0 Å². The Balaban J connectivity index is 2.07. The second kappa shape index (κ2) is 3.98. The normalized spacial score (nSPS) is 17.2. The van der Waals surface area contributed by atoms with Gasteiger partial charge in [0.05, 0.1) is 0 Å². The summed E-state index contributed by atoms with van der Waals surface area (Å²) in [6.45, 7) is 1.90. The van der Waals surface area contributed by atoms with Crippen LogP contribution in [-0.2, 0) is 4.79 Å². The van der Waals surface area contributed by atoms with Crippen molar-refractivity contribution in [3.8, 4) is 0 Å². The average molecular weight is 205 g/mol. The van der Waals surface area contributed by atoms with Crippen molar-refractivity contribution in [3.63, 3.8) is 0 Å². The van der Waals surface area contributed by atoms with Crippen molar-refractivity contribution in [1.82, 2.24) is 4.98 Å². The van der Waals surface area contributed by atoms with Gasteiger partial charge in [-0.15, -0.1) is 0 Å². The van der Waals surface area contributed by atoms with Crippen LogP contribution in [0, 0.1) is 5.92 Å². The molecule has 1 aliphatic carbocycles. The van der Waals surface area contributed by atoms with Crippen LogP contribution in [0.25, 0.3) is 0 Å². The van der Waals surface area contributed by atoms with Crippen LogP contribution in [0.5, 0.6) is 0 Å². The van der Waals surface area contributed by atoms with Crippen LogP contribution in [0.4, 0.5) is 5.82 Å². The largest absolute Gasteiger partial charge is 0.324 e. The van der Waals surface area contributed by atoms with E-state index in [1.807, 2.05) is 19.1 Å². The fraction of sp³-hybridized carbons (Fsp3) is 0.455. The number of hydrogen-bond donors (Lipinski definition) is 2. The highest BCUT2D eigenvalue weighted by molar-refractivity contribution is 5.93. The van der Waals surface area contributed by atoms with Crippen molar-refractivity contribution in [2.45, 2.75) is 25.8 Å². The Hall–Kier alpha value is -1.42. The van der Waals surface area contributed by atoms with Gasteiger partial charge in [-0.2, -0.15) is 0 Å². The summed E-state index contributed by atoms with van der Waals surface area (Å²) in [6.07, 6.45) is 3.67. The molecule has 3 N–H and O–H groups in total. The minimum absolute atomic E-state index is 0.0374. The summed E-state index contributed by atoms with van der Waals surface area (Å²) >= 11 is 0. The van der Waals surface area contributed by atoms with E-state index in [4.69, 9.17) is 5.73 Å². The number of pyridine rings is 1. The van der Waals surface area contributed by atoms with E-state index in [1.54, 1.807) is 6.20 Å². The van der Waals surface area contributed by atoms with Crippen molar-refractivity contribution in [2.75, 3.05) is 5.32 Å². The number of aromatic nitrogens is 1. The van der Waals surface area contributed by atoms with Crippen molar-refractivity contribution in [2.24, 2.45) is 11.7 Å². The maximum absolute atomic E-state index is 11.5. The summed E-state index contributed by atoms with van der Waals surface area (Å²) in [7, 11) is 0. The van der Waals surface area contributed by atoms with Gasteiger partial charge in [-0.3, -0.25) is 4.79 Å². The molecule has 1 unspecified atom stereocenters. The molecule has 0 aliphatic heterocycles. The van der Waals surface area contributed by atoms with Gasteiger partial charge in [-0.25, -0.2) is 4.98 Å². The van der Waals surface area contributed by atoms with E-state index in [0.29, 0.717) is 5.82 Å². The predicted molar refractivity (Wildman–Crippen MR) is 58.2 cm³/mol. The molecule has 1 atom stereocenters. The number of rotatable bonds is 3. The minimum atomic E-state index is -0.0374. The highest BCUT2D eigenvalue weighted by atomic mass is 16.2.